The Hall–Kier alpha value is -3.00. The zero-order valence-electron chi connectivity index (χ0n) is 17.2. The molecule has 3 aromatic rings. The number of hydrogen-bond acceptors (Lipinski definition) is 7. The Kier molecular flexibility index (Phi) is 5.44. The summed E-state index contributed by atoms with van der Waals surface area (Å²) in [5, 5.41) is 8.14. The summed E-state index contributed by atoms with van der Waals surface area (Å²) in [6, 6.07) is 8.32. The molecule has 1 N–H and O–H groups in total. The van der Waals surface area contributed by atoms with E-state index >= 15 is 0 Å². The van der Waals surface area contributed by atoms with E-state index < -0.39 is 0 Å². The zero-order chi connectivity index (χ0) is 20.4. The summed E-state index contributed by atoms with van der Waals surface area (Å²) in [6.07, 6.45) is 3.29. The maximum atomic E-state index is 12.4. The Morgan fingerprint density at radius 3 is 2.48 bits per heavy atom. The van der Waals surface area contributed by atoms with Crippen LogP contribution in [0.1, 0.15) is 19.0 Å². The molecule has 1 aliphatic heterocycles. The summed E-state index contributed by atoms with van der Waals surface area (Å²) in [6.45, 7) is 6.33. The van der Waals surface area contributed by atoms with Gasteiger partial charge >= 0.3 is 0 Å². The third-order valence-corrected chi connectivity index (χ3v) is 5.34. The molecule has 0 atom stereocenters. The number of fused-ring (bicyclic) bond motifs is 1. The number of aryl methyl sites for hydroxylation is 2. The third-order valence-electron chi connectivity index (χ3n) is 5.34. The van der Waals surface area contributed by atoms with Crippen LogP contribution in [0.4, 0.5) is 17.3 Å². The summed E-state index contributed by atoms with van der Waals surface area (Å²) >= 11 is 0. The molecule has 152 valence electrons. The third kappa shape index (κ3) is 4.07. The molecule has 3 heterocycles. The SMILES string of the molecule is CCCc1nn(C)c(=O)c2cnc(Nc3ccc(N4CCN(C)CC4)cc3)nc12. The second kappa shape index (κ2) is 8.16. The molecule has 0 radical (unpaired) electrons. The van der Waals surface area contributed by atoms with Crippen LogP contribution in [0.2, 0.25) is 0 Å². The monoisotopic (exact) mass is 393 g/mol. The molecule has 0 saturated carbocycles. The number of benzene rings is 1. The van der Waals surface area contributed by atoms with Crippen LogP contribution in [0.15, 0.2) is 35.3 Å². The van der Waals surface area contributed by atoms with Gasteiger partial charge in [0, 0.05) is 50.8 Å². The van der Waals surface area contributed by atoms with Crippen LogP contribution in [0.5, 0.6) is 0 Å². The van der Waals surface area contributed by atoms with Gasteiger partial charge in [-0.15, -0.1) is 0 Å². The van der Waals surface area contributed by atoms with Gasteiger partial charge in [0.25, 0.3) is 5.56 Å². The van der Waals surface area contributed by atoms with E-state index in [0.717, 1.165) is 50.4 Å². The van der Waals surface area contributed by atoms with Crippen molar-refractivity contribution in [1.82, 2.24) is 24.6 Å². The van der Waals surface area contributed by atoms with Crippen molar-refractivity contribution < 1.29 is 0 Å². The van der Waals surface area contributed by atoms with Gasteiger partial charge in [-0.25, -0.2) is 14.6 Å². The van der Waals surface area contributed by atoms with Crippen molar-refractivity contribution in [3.8, 4) is 0 Å². The Balaban J connectivity index is 1.57. The number of likely N-dealkylation sites (N-methyl/N-ethyl adjacent to an activating group) is 1. The van der Waals surface area contributed by atoms with E-state index in [1.54, 1.807) is 13.2 Å². The average Bonchev–Trinajstić information content (AvgIpc) is 2.73. The highest BCUT2D eigenvalue weighted by molar-refractivity contribution is 5.80. The minimum absolute atomic E-state index is 0.178. The molecule has 8 nitrogen and oxygen atoms in total. The van der Waals surface area contributed by atoms with Crippen LogP contribution in [0.25, 0.3) is 10.9 Å². The summed E-state index contributed by atoms with van der Waals surface area (Å²) in [4.78, 5) is 26.0. The first-order valence-corrected chi connectivity index (χ1v) is 10.1. The van der Waals surface area contributed by atoms with Gasteiger partial charge in [-0.2, -0.15) is 5.10 Å². The van der Waals surface area contributed by atoms with Crippen molar-refractivity contribution in [3.05, 3.63) is 46.5 Å². The standard InChI is InChI=1S/C21H27N7O/c1-4-5-18-19-17(20(29)27(3)25-18)14-22-21(24-19)23-15-6-8-16(9-7-15)28-12-10-26(2)11-13-28/h6-9,14H,4-5,10-13H2,1-3H3,(H,22,23,24). The smallest absolute Gasteiger partial charge is 0.277 e. The van der Waals surface area contributed by atoms with Crippen LogP contribution in [-0.4, -0.2) is 57.9 Å². The molecule has 0 unspecified atom stereocenters. The second-order valence-electron chi connectivity index (χ2n) is 7.54. The summed E-state index contributed by atoms with van der Waals surface area (Å²) in [5.74, 6) is 0.470. The maximum Gasteiger partial charge on any atom is 0.277 e. The molecule has 4 rings (SSSR count). The van der Waals surface area contributed by atoms with Crippen molar-refractivity contribution in [3.63, 3.8) is 0 Å². The topological polar surface area (TPSA) is 79.2 Å². The lowest BCUT2D eigenvalue weighted by atomic mass is 10.2. The number of hydrogen-bond donors (Lipinski definition) is 1. The zero-order valence-corrected chi connectivity index (χ0v) is 17.2. The number of rotatable bonds is 5. The number of aromatic nitrogens is 4. The fourth-order valence-corrected chi connectivity index (χ4v) is 3.62. The molecule has 1 aromatic carbocycles. The first kappa shape index (κ1) is 19.3. The minimum Gasteiger partial charge on any atom is -0.369 e. The van der Waals surface area contributed by atoms with E-state index in [1.165, 1.54) is 10.4 Å². The molecule has 1 saturated heterocycles. The Labute approximate surface area is 170 Å². The molecular weight excluding hydrogens is 366 g/mol. The average molecular weight is 393 g/mol. The molecular formula is C21H27N7O. The van der Waals surface area contributed by atoms with E-state index in [-0.39, 0.29) is 5.56 Å². The van der Waals surface area contributed by atoms with Crippen molar-refractivity contribution in [1.29, 1.82) is 0 Å². The highest BCUT2D eigenvalue weighted by Crippen LogP contribution is 2.22. The maximum absolute atomic E-state index is 12.4. The van der Waals surface area contributed by atoms with Crippen molar-refractivity contribution >= 4 is 28.2 Å². The molecule has 8 heteroatoms. The minimum atomic E-state index is -0.178. The molecule has 0 aliphatic carbocycles. The van der Waals surface area contributed by atoms with Gasteiger partial charge in [0.1, 0.15) is 5.52 Å². The van der Waals surface area contributed by atoms with E-state index in [9.17, 15) is 4.79 Å². The number of nitrogens with zero attached hydrogens (tertiary/aromatic N) is 6. The van der Waals surface area contributed by atoms with Crippen molar-refractivity contribution in [2.24, 2.45) is 7.05 Å². The quantitative estimate of drug-likeness (QED) is 0.712. The highest BCUT2D eigenvalue weighted by atomic mass is 16.1. The Morgan fingerprint density at radius 1 is 1.07 bits per heavy atom. The van der Waals surface area contributed by atoms with Crippen LogP contribution >= 0.6 is 0 Å². The fraction of sp³-hybridized carbons (Fsp3) is 0.429. The van der Waals surface area contributed by atoms with Crippen LogP contribution in [-0.2, 0) is 13.5 Å². The van der Waals surface area contributed by atoms with Crippen LogP contribution in [0, 0.1) is 0 Å². The predicted octanol–water partition coefficient (Wildman–Crippen LogP) is 2.17. The lowest BCUT2D eigenvalue weighted by Crippen LogP contribution is -2.44. The number of piperazine rings is 1. The normalized spacial score (nSPS) is 15.1. The lowest BCUT2D eigenvalue weighted by molar-refractivity contribution is 0.313. The summed E-state index contributed by atoms with van der Waals surface area (Å²) < 4.78 is 1.36. The van der Waals surface area contributed by atoms with E-state index in [4.69, 9.17) is 0 Å². The molecule has 0 bridgehead atoms. The van der Waals surface area contributed by atoms with E-state index in [1.807, 2.05) is 12.1 Å². The second-order valence-corrected chi connectivity index (χ2v) is 7.54. The van der Waals surface area contributed by atoms with E-state index in [2.05, 4.69) is 56.3 Å². The van der Waals surface area contributed by atoms with Gasteiger partial charge in [0.15, 0.2) is 0 Å². The number of nitrogens with one attached hydrogen (secondary N) is 1. The fourth-order valence-electron chi connectivity index (χ4n) is 3.62. The van der Waals surface area contributed by atoms with E-state index in [0.29, 0.717) is 16.9 Å². The Bertz CT molecular complexity index is 1050. The molecule has 2 aromatic heterocycles. The lowest BCUT2D eigenvalue weighted by Gasteiger charge is -2.34. The first-order chi connectivity index (χ1) is 14.0. The summed E-state index contributed by atoms with van der Waals surface area (Å²) in [7, 11) is 3.82. The largest absolute Gasteiger partial charge is 0.369 e. The van der Waals surface area contributed by atoms with Gasteiger partial charge in [-0.05, 0) is 37.7 Å². The Morgan fingerprint density at radius 2 is 1.79 bits per heavy atom. The number of anilines is 3. The van der Waals surface area contributed by atoms with Crippen molar-refractivity contribution in [2.75, 3.05) is 43.4 Å². The van der Waals surface area contributed by atoms with Gasteiger partial charge in [-0.1, -0.05) is 13.3 Å². The molecule has 1 fully saturated rings. The van der Waals surface area contributed by atoms with Crippen LogP contribution < -0.4 is 15.8 Å². The van der Waals surface area contributed by atoms with Gasteiger partial charge in [-0.3, -0.25) is 4.79 Å². The predicted molar refractivity (Wildman–Crippen MR) is 116 cm³/mol. The van der Waals surface area contributed by atoms with Crippen LogP contribution in [0.3, 0.4) is 0 Å². The van der Waals surface area contributed by atoms with Crippen molar-refractivity contribution in [2.45, 2.75) is 19.8 Å². The summed E-state index contributed by atoms with van der Waals surface area (Å²) in [5.41, 5.74) is 3.40. The molecule has 1 aliphatic rings. The molecule has 0 amide bonds. The van der Waals surface area contributed by atoms with Gasteiger partial charge < -0.3 is 15.1 Å². The van der Waals surface area contributed by atoms with Gasteiger partial charge in [0.05, 0.1) is 11.1 Å². The molecule has 0 spiro atoms. The highest BCUT2D eigenvalue weighted by Gasteiger charge is 2.15. The first-order valence-electron chi connectivity index (χ1n) is 10.1. The molecule has 29 heavy (non-hydrogen) atoms. The van der Waals surface area contributed by atoms with Gasteiger partial charge in [0.2, 0.25) is 5.95 Å².